The standard InChI is InChI=1S/C6H12N2O4/c7-2-1-4(6(11)12)8-3-5(9)10/h4,8H,1-3,7H2,(H,9,10)(H,11,12). The number of aliphatic carboxylic acids is 2. The number of carboxylic acids is 2. The van der Waals surface area contributed by atoms with Gasteiger partial charge in [-0.1, -0.05) is 0 Å². The highest BCUT2D eigenvalue weighted by atomic mass is 16.4. The second-order valence-electron chi connectivity index (χ2n) is 2.24. The molecular weight excluding hydrogens is 164 g/mol. The van der Waals surface area contributed by atoms with E-state index in [1.165, 1.54) is 0 Å². The third-order valence-electron chi connectivity index (χ3n) is 1.25. The minimum absolute atomic E-state index is 0.212. The van der Waals surface area contributed by atoms with Gasteiger partial charge in [0.25, 0.3) is 0 Å². The quantitative estimate of drug-likeness (QED) is 0.390. The number of carbonyl (C=O) groups is 2. The van der Waals surface area contributed by atoms with Crippen LogP contribution in [0, 0.1) is 0 Å². The van der Waals surface area contributed by atoms with E-state index in [0.29, 0.717) is 0 Å². The van der Waals surface area contributed by atoms with Gasteiger partial charge >= 0.3 is 11.9 Å². The second-order valence-corrected chi connectivity index (χ2v) is 2.24. The monoisotopic (exact) mass is 176 g/mol. The SMILES string of the molecule is NCCC(NCC(=O)O)C(=O)O. The first-order valence-electron chi connectivity index (χ1n) is 3.46. The van der Waals surface area contributed by atoms with Crippen LogP contribution in [0.1, 0.15) is 6.42 Å². The Morgan fingerprint density at radius 2 is 2.00 bits per heavy atom. The van der Waals surface area contributed by atoms with Gasteiger partial charge in [-0.15, -0.1) is 0 Å². The molecule has 6 nitrogen and oxygen atoms in total. The van der Waals surface area contributed by atoms with E-state index in [2.05, 4.69) is 5.32 Å². The highest BCUT2D eigenvalue weighted by Gasteiger charge is 2.15. The molecule has 0 rings (SSSR count). The summed E-state index contributed by atoms with van der Waals surface area (Å²) in [5, 5.41) is 19.1. The number of hydrogen-bond acceptors (Lipinski definition) is 4. The Bertz CT molecular complexity index is 171. The van der Waals surface area contributed by atoms with Crippen LogP contribution in [0.4, 0.5) is 0 Å². The molecule has 0 saturated carbocycles. The Morgan fingerprint density at radius 3 is 2.33 bits per heavy atom. The molecule has 12 heavy (non-hydrogen) atoms. The zero-order chi connectivity index (χ0) is 9.56. The zero-order valence-corrected chi connectivity index (χ0v) is 6.49. The van der Waals surface area contributed by atoms with E-state index in [1.54, 1.807) is 0 Å². The van der Waals surface area contributed by atoms with Gasteiger partial charge in [-0.2, -0.15) is 0 Å². The topological polar surface area (TPSA) is 113 Å². The first-order valence-corrected chi connectivity index (χ1v) is 3.46. The molecule has 0 aromatic carbocycles. The van der Waals surface area contributed by atoms with Gasteiger partial charge in [0.1, 0.15) is 6.04 Å². The van der Waals surface area contributed by atoms with Crippen molar-refractivity contribution in [2.24, 2.45) is 5.73 Å². The van der Waals surface area contributed by atoms with E-state index in [0.717, 1.165) is 0 Å². The maximum atomic E-state index is 10.4. The van der Waals surface area contributed by atoms with Gasteiger partial charge in [-0.25, -0.2) is 0 Å². The molecule has 0 aliphatic heterocycles. The van der Waals surface area contributed by atoms with Crippen molar-refractivity contribution in [3.8, 4) is 0 Å². The van der Waals surface area contributed by atoms with Crippen molar-refractivity contribution in [1.82, 2.24) is 5.32 Å². The van der Waals surface area contributed by atoms with Crippen molar-refractivity contribution in [3.63, 3.8) is 0 Å². The first kappa shape index (κ1) is 10.9. The Morgan fingerprint density at radius 1 is 1.42 bits per heavy atom. The summed E-state index contributed by atoms with van der Waals surface area (Å²) in [6, 6.07) is -0.869. The van der Waals surface area contributed by atoms with Crippen molar-refractivity contribution in [1.29, 1.82) is 0 Å². The van der Waals surface area contributed by atoms with Crippen LogP contribution >= 0.6 is 0 Å². The van der Waals surface area contributed by atoms with Crippen molar-refractivity contribution < 1.29 is 19.8 Å². The van der Waals surface area contributed by atoms with Crippen LogP contribution in [0.15, 0.2) is 0 Å². The average molecular weight is 176 g/mol. The summed E-state index contributed by atoms with van der Waals surface area (Å²) in [7, 11) is 0. The summed E-state index contributed by atoms with van der Waals surface area (Å²) < 4.78 is 0. The lowest BCUT2D eigenvalue weighted by Crippen LogP contribution is -2.40. The Hall–Kier alpha value is -1.14. The van der Waals surface area contributed by atoms with Gasteiger partial charge in [0, 0.05) is 0 Å². The predicted octanol–water partition coefficient (Wildman–Crippen LogP) is -1.54. The number of hydrogen-bond donors (Lipinski definition) is 4. The summed E-state index contributed by atoms with van der Waals surface area (Å²) >= 11 is 0. The first-order chi connectivity index (χ1) is 5.57. The minimum atomic E-state index is -1.08. The molecule has 70 valence electrons. The molecule has 1 unspecified atom stereocenters. The van der Waals surface area contributed by atoms with Crippen LogP contribution < -0.4 is 11.1 Å². The fourth-order valence-electron chi connectivity index (χ4n) is 0.690. The molecule has 0 bridgehead atoms. The fraction of sp³-hybridized carbons (Fsp3) is 0.667. The molecule has 0 fully saturated rings. The van der Waals surface area contributed by atoms with Gasteiger partial charge < -0.3 is 15.9 Å². The van der Waals surface area contributed by atoms with E-state index in [1.807, 2.05) is 0 Å². The third-order valence-corrected chi connectivity index (χ3v) is 1.25. The molecule has 0 heterocycles. The lowest BCUT2D eigenvalue weighted by molar-refractivity contribution is -0.140. The third kappa shape index (κ3) is 4.64. The van der Waals surface area contributed by atoms with Gasteiger partial charge in [0.2, 0.25) is 0 Å². The van der Waals surface area contributed by atoms with E-state index >= 15 is 0 Å². The van der Waals surface area contributed by atoms with E-state index in [4.69, 9.17) is 15.9 Å². The van der Waals surface area contributed by atoms with Crippen LogP contribution in [-0.4, -0.2) is 41.3 Å². The van der Waals surface area contributed by atoms with Crippen LogP contribution in [0.5, 0.6) is 0 Å². The lowest BCUT2D eigenvalue weighted by Gasteiger charge is -2.10. The Kier molecular flexibility index (Phi) is 4.98. The van der Waals surface area contributed by atoms with Gasteiger partial charge in [0.15, 0.2) is 0 Å². The Balaban J connectivity index is 3.79. The molecule has 5 N–H and O–H groups in total. The molecular formula is C6H12N2O4. The summed E-state index contributed by atoms with van der Waals surface area (Å²) in [6.07, 6.45) is 0.225. The molecule has 0 aliphatic rings. The number of rotatable bonds is 6. The molecule has 1 atom stereocenters. The van der Waals surface area contributed by atoms with Crippen molar-refractivity contribution in [3.05, 3.63) is 0 Å². The highest BCUT2D eigenvalue weighted by molar-refractivity contribution is 5.75. The summed E-state index contributed by atoms with van der Waals surface area (Å²) in [4.78, 5) is 20.4. The summed E-state index contributed by atoms with van der Waals surface area (Å²) in [5.41, 5.74) is 5.12. The van der Waals surface area contributed by atoms with E-state index < -0.39 is 18.0 Å². The van der Waals surface area contributed by atoms with E-state index in [9.17, 15) is 9.59 Å². The predicted molar refractivity (Wildman–Crippen MR) is 40.7 cm³/mol. The molecule has 6 heteroatoms. The number of carboxylic acid groups (broad SMARTS) is 2. The van der Waals surface area contributed by atoms with Crippen LogP contribution in [0.2, 0.25) is 0 Å². The molecule has 0 aromatic rings. The fourth-order valence-corrected chi connectivity index (χ4v) is 0.690. The number of nitrogens with two attached hydrogens (primary N) is 1. The normalized spacial score (nSPS) is 12.4. The van der Waals surface area contributed by atoms with Crippen LogP contribution in [-0.2, 0) is 9.59 Å². The van der Waals surface area contributed by atoms with Gasteiger partial charge in [-0.05, 0) is 13.0 Å². The average Bonchev–Trinajstić information content (AvgIpc) is 1.96. The molecule has 0 saturated heterocycles. The Labute approximate surface area is 69.4 Å². The summed E-state index contributed by atoms with van der Waals surface area (Å²) in [5.74, 6) is -2.17. The van der Waals surface area contributed by atoms with E-state index in [-0.39, 0.29) is 19.5 Å². The van der Waals surface area contributed by atoms with Crippen molar-refractivity contribution in [2.45, 2.75) is 12.5 Å². The smallest absolute Gasteiger partial charge is 0.320 e. The molecule has 0 amide bonds. The largest absolute Gasteiger partial charge is 0.480 e. The summed E-state index contributed by atoms with van der Waals surface area (Å²) in [6.45, 7) is -0.152. The highest BCUT2D eigenvalue weighted by Crippen LogP contribution is 1.89. The van der Waals surface area contributed by atoms with Crippen molar-refractivity contribution >= 4 is 11.9 Å². The molecule has 0 aliphatic carbocycles. The van der Waals surface area contributed by atoms with Gasteiger partial charge in [-0.3, -0.25) is 14.9 Å². The molecule has 0 aromatic heterocycles. The van der Waals surface area contributed by atoms with Crippen molar-refractivity contribution in [2.75, 3.05) is 13.1 Å². The minimum Gasteiger partial charge on any atom is -0.480 e. The van der Waals surface area contributed by atoms with Crippen LogP contribution in [0.25, 0.3) is 0 Å². The molecule has 0 spiro atoms. The molecule has 0 radical (unpaired) electrons. The number of nitrogens with one attached hydrogen (secondary N) is 1. The maximum absolute atomic E-state index is 10.4. The lowest BCUT2D eigenvalue weighted by atomic mass is 10.2. The van der Waals surface area contributed by atoms with Gasteiger partial charge in [0.05, 0.1) is 6.54 Å². The zero-order valence-electron chi connectivity index (χ0n) is 6.49. The van der Waals surface area contributed by atoms with Crippen LogP contribution in [0.3, 0.4) is 0 Å². The second kappa shape index (κ2) is 5.50. The maximum Gasteiger partial charge on any atom is 0.320 e.